The maximum Gasteiger partial charge on any atom is 0.246 e. The van der Waals surface area contributed by atoms with Gasteiger partial charge in [0, 0.05) is 18.7 Å². The first-order valence-corrected chi connectivity index (χ1v) is 7.28. The summed E-state index contributed by atoms with van der Waals surface area (Å²) in [5.74, 6) is 0.0166. The molecule has 0 aliphatic rings. The molecule has 1 aromatic carbocycles. The molecule has 1 N–H and O–H groups in total. The molecule has 3 heteroatoms. The highest BCUT2D eigenvalue weighted by atomic mass is 16.1. The van der Waals surface area contributed by atoms with Crippen molar-refractivity contribution in [3.63, 3.8) is 0 Å². The van der Waals surface area contributed by atoms with Crippen molar-refractivity contribution in [1.29, 1.82) is 0 Å². The summed E-state index contributed by atoms with van der Waals surface area (Å²) in [5, 5.41) is 2.96. The third-order valence-corrected chi connectivity index (χ3v) is 3.31. The molecule has 0 aliphatic heterocycles. The summed E-state index contributed by atoms with van der Waals surface area (Å²) < 4.78 is 0. The number of hydrogen-bond acceptors (Lipinski definition) is 2. The van der Waals surface area contributed by atoms with Crippen LogP contribution in [-0.2, 0) is 17.9 Å². The van der Waals surface area contributed by atoms with Gasteiger partial charge in [-0.1, -0.05) is 44.2 Å². The van der Waals surface area contributed by atoms with E-state index < -0.39 is 0 Å². The van der Waals surface area contributed by atoms with Gasteiger partial charge in [0.1, 0.15) is 0 Å². The van der Waals surface area contributed by atoms with Crippen LogP contribution < -0.4 is 5.32 Å². The van der Waals surface area contributed by atoms with Crippen molar-refractivity contribution >= 4 is 5.91 Å². The Balaban J connectivity index is 2.58. The van der Waals surface area contributed by atoms with E-state index in [1.807, 2.05) is 19.9 Å². The number of benzene rings is 1. The number of carbonyl (C=O) groups is 1. The van der Waals surface area contributed by atoms with Crippen LogP contribution in [-0.4, -0.2) is 24.4 Å². The van der Waals surface area contributed by atoms with E-state index in [1.165, 1.54) is 5.56 Å². The van der Waals surface area contributed by atoms with Crippen LogP contribution in [0.4, 0.5) is 0 Å². The van der Waals surface area contributed by atoms with Gasteiger partial charge in [-0.05, 0) is 38.1 Å². The molecule has 0 aromatic heterocycles. The van der Waals surface area contributed by atoms with E-state index in [2.05, 4.69) is 48.5 Å². The van der Waals surface area contributed by atoms with E-state index in [-0.39, 0.29) is 5.91 Å². The maximum atomic E-state index is 11.8. The number of carbonyl (C=O) groups excluding carboxylic acids is 1. The molecule has 0 radical (unpaired) electrons. The molecule has 1 aromatic rings. The number of nitrogens with one attached hydrogen (secondary N) is 1. The van der Waals surface area contributed by atoms with Gasteiger partial charge in [-0.15, -0.1) is 0 Å². The smallest absolute Gasteiger partial charge is 0.246 e. The fraction of sp³-hybridized carbons (Fsp3) is 0.471. The standard InChI is InChI=1S/C17H26N2O/c1-5-8-14(3)17(20)18-12-15-9-7-10-16(11-15)13-19(4)6-2/h7-11H,5-6,12-13H2,1-4H3,(H,18,20)/b14-8+. The van der Waals surface area contributed by atoms with Gasteiger partial charge in [0.05, 0.1) is 0 Å². The monoisotopic (exact) mass is 274 g/mol. The van der Waals surface area contributed by atoms with Gasteiger partial charge < -0.3 is 10.2 Å². The zero-order valence-corrected chi connectivity index (χ0v) is 13.1. The summed E-state index contributed by atoms with van der Waals surface area (Å²) in [5.41, 5.74) is 3.21. The molecule has 0 atom stereocenters. The quantitative estimate of drug-likeness (QED) is 0.775. The minimum Gasteiger partial charge on any atom is -0.348 e. The second-order valence-corrected chi connectivity index (χ2v) is 5.13. The highest BCUT2D eigenvalue weighted by Gasteiger charge is 2.04. The Kier molecular flexibility index (Phi) is 7.02. The van der Waals surface area contributed by atoms with E-state index in [1.54, 1.807) is 0 Å². The Bertz CT molecular complexity index is 466. The summed E-state index contributed by atoms with van der Waals surface area (Å²) in [7, 11) is 2.10. The molecule has 0 aliphatic carbocycles. The summed E-state index contributed by atoms with van der Waals surface area (Å²) in [4.78, 5) is 14.1. The lowest BCUT2D eigenvalue weighted by Gasteiger charge is -2.14. The average Bonchev–Trinajstić information content (AvgIpc) is 2.45. The molecular weight excluding hydrogens is 248 g/mol. The summed E-state index contributed by atoms with van der Waals surface area (Å²) >= 11 is 0. The van der Waals surface area contributed by atoms with Crippen molar-refractivity contribution in [3.05, 3.63) is 47.0 Å². The van der Waals surface area contributed by atoms with Crippen molar-refractivity contribution < 1.29 is 4.79 Å². The highest BCUT2D eigenvalue weighted by Crippen LogP contribution is 2.08. The van der Waals surface area contributed by atoms with E-state index >= 15 is 0 Å². The van der Waals surface area contributed by atoms with E-state index in [9.17, 15) is 4.79 Å². The van der Waals surface area contributed by atoms with Crippen LogP contribution in [0.1, 0.15) is 38.3 Å². The molecule has 0 saturated carbocycles. The highest BCUT2D eigenvalue weighted by molar-refractivity contribution is 5.92. The van der Waals surface area contributed by atoms with Crippen molar-refractivity contribution in [2.24, 2.45) is 0 Å². The zero-order valence-electron chi connectivity index (χ0n) is 13.1. The molecule has 0 bridgehead atoms. The predicted molar refractivity (Wildman–Crippen MR) is 84.3 cm³/mol. The van der Waals surface area contributed by atoms with Gasteiger partial charge in [-0.25, -0.2) is 0 Å². The summed E-state index contributed by atoms with van der Waals surface area (Å²) in [6.45, 7) is 8.58. The van der Waals surface area contributed by atoms with Gasteiger partial charge in [0.2, 0.25) is 5.91 Å². The minimum absolute atomic E-state index is 0.0166. The fourth-order valence-corrected chi connectivity index (χ4v) is 1.98. The first-order valence-electron chi connectivity index (χ1n) is 7.28. The zero-order chi connectivity index (χ0) is 15.0. The molecule has 0 heterocycles. The van der Waals surface area contributed by atoms with Crippen LogP contribution in [0.15, 0.2) is 35.9 Å². The second kappa shape index (κ2) is 8.54. The number of nitrogens with zero attached hydrogens (tertiary/aromatic N) is 1. The Labute approximate surface area is 122 Å². The maximum absolute atomic E-state index is 11.8. The Morgan fingerprint density at radius 2 is 2.00 bits per heavy atom. The van der Waals surface area contributed by atoms with Gasteiger partial charge in [0.25, 0.3) is 0 Å². The molecule has 0 saturated heterocycles. The summed E-state index contributed by atoms with van der Waals surface area (Å²) in [6.07, 6.45) is 2.83. The molecule has 0 fully saturated rings. The molecule has 1 amide bonds. The summed E-state index contributed by atoms with van der Waals surface area (Å²) in [6, 6.07) is 8.38. The Hall–Kier alpha value is -1.61. The molecule has 0 unspecified atom stereocenters. The molecular formula is C17H26N2O. The fourth-order valence-electron chi connectivity index (χ4n) is 1.98. The minimum atomic E-state index is 0.0166. The first-order chi connectivity index (χ1) is 9.56. The number of allylic oxidation sites excluding steroid dienone is 1. The van der Waals surface area contributed by atoms with Crippen molar-refractivity contribution in [3.8, 4) is 0 Å². The van der Waals surface area contributed by atoms with Gasteiger partial charge in [-0.3, -0.25) is 4.79 Å². The van der Waals surface area contributed by atoms with Gasteiger partial charge >= 0.3 is 0 Å². The normalized spacial score (nSPS) is 11.8. The lowest BCUT2D eigenvalue weighted by atomic mass is 10.1. The molecule has 0 spiro atoms. The van der Waals surface area contributed by atoms with Crippen molar-refractivity contribution in [2.75, 3.05) is 13.6 Å². The largest absolute Gasteiger partial charge is 0.348 e. The van der Waals surface area contributed by atoms with Crippen molar-refractivity contribution in [2.45, 2.75) is 40.3 Å². The number of rotatable bonds is 7. The van der Waals surface area contributed by atoms with Crippen molar-refractivity contribution in [1.82, 2.24) is 10.2 Å². The second-order valence-electron chi connectivity index (χ2n) is 5.13. The van der Waals surface area contributed by atoms with Crippen LogP contribution >= 0.6 is 0 Å². The lowest BCUT2D eigenvalue weighted by molar-refractivity contribution is -0.117. The average molecular weight is 274 g/mol. The molecule has 20 heavy (non-hydrogen) atoms. The SMILES string of the molecule is CC/C=C(\C)C(=O)NCc1cccc(CN(C)CC)c1. The Morgan fingerprint density at radius 1 is 1.30 bits per heavy atom. The van der Waals surface area contributed by atoms with Gasteiger partial charge in [-0.2, -0.15) is 0 Å². The van der Waals surface area contributed by atoms with E-state index in [0.717, 1.165) is 30.6 Å². The van der Waals surface area contributed by atoms with Crippen LogP contribution in [0.2, 0.25) is 0 Å². The number of hydrogen-bond donors (Lipinski definition) is 1. The molecule has 3 nitrogen and oxygen atoms in total. The number of amides is 1. The van der Waals surface area contributed by atoms with Crippen LogP contribution in [0, 0.1) is 0 Å². The van der Waals surface area contributed by atoms with E-state index in [0.29, 0.717) is 6.54 Å². The van der Waals surface area contributed by atoms with E-state index in [4.69, 9.17) is 0 Å². The van der Waals surface area contributed by atoms with Crippen LogP contribution in [0.5, 0.6) is 0 Å². The third kappa shape index (κ3) is 5.57. The topological polar surface area (TPSA) is 32.3 Å². The Morgan fingerprint density at radius 3 is 2.65 bits per heavy atom. The van der Waals surface area contributed by atoms with Crippen LogP contribution in [0.25, 0.3) is 0 Å². The van der Waals surface area contributed by atoms with Crippen LogP contribution in [0.3, 0.4) is 0 Å². The third-order valence-electron chi connectivity index (χ3n) is 3.31. The van der Waals surface area contributed by atoms with Gasteiger partial charge in [0.15, 0.2) is 0 Å². The predicted octanol–water partition coefficient (Wildman–Crippen LogP) is 3.11. The molecule has 110 valence electrons. The lowest BCUT2D eigenvalue weighted by Crippen LogP contribution is -2.23. The molecule has 1 rings (SSSR count). The first kappa shape index (κ1) is 16.4.